The summed E-state index contributed by atoms with van der Waals surface area (Å²) >= 11 is 5.85. The van der Waals surface area contributed by atoms with E-state index in [1.807, 2.05) is 0 Å². The molecule has 0 saturated heterocycles. The third-order valence-electron chi connectivity index (χ3n) is 3.24. The van der Waals surface area contributed by atoms with E-state index in [1.165, 1.54) is 12.7 Å². The molecule has 124 valence electrons. The lowest BCUT2D eigenvalue weighted by molar-refractivity contribution is 0.599. The van der Waals surface area contributed by atoms with Gasteiger partial charge < -0.3 is 0 Å². The van der Waals surface area contributed by atoms with E-state index in [0.29, 0.717) is 17.8 Å². The number of aromatic nitrogens is 3. The number of nitrogens with zero attached hydrogens (tertiary/aromatic N) is 3. The highest BCUT2D eigenvalue weighted by Gasteiger charge is 2.19. The Bertz CT molecular complexity index is 961. The van der Waals surface area contributed by atoms with Crippen LogP contribution in [0.25, 0.3) is 0 Å². The van der Waals surface area contributed by atoms with Crippen LogP contribution >= 0.6 is 11.6 Å². The summed E-state index contributed by atoms with van der Waals surface area (Å²) in [6, 6.07) is 10.0. The molecule has 0 aliphatic heterocycles. The molecule has 9 heteroatoms. The maximum atomic E-state index is 13.1. The molecule has 2 aromatic carbocycles. The van der Waals surface area contributed by atoms with E-state index in [9.17, 15) is 12.8 Å². The number of hydrogen-bond donors (Lipinski definition) is 1. The Morgan fingerprint density at radius 1 is 1.21 bits per heavy atom. The highest BCUT2D eigenvalue weighted by atomic mass is 35.5. The largest absolute Gasteiger partial charge is 0.279 e. The quantitative estimate of drug-likeness (QED) is 0.753. The minimum absolute atomic E-state index is 0.184. The van der Waals surface area contributed by atoms with E-state index >= 15 is 0 Å². The van der Waals surface area contributed by atoms with Gasteiger partial charge in [-0.05, 0) is 29.8 Å². The van der Waals surface area contributed by atoms with Gasteiger partial charge in [0.2, 0.25) is 0 Å². The average Bonchev–Trinajstić information content (AvgIpc) is 3.01. The first kappa shape index (κ1) is 16.4. The number of rotatable bonds is 5. The maximum Gasteiger partial charge on any atom is 0.263 e. The molecule has 1 N–H and O–H groups in total. The molecule has 0 amide bonds. The third kappa shape index (κ3) is 3.55. The van der Waals surface area contributed by atoms with Gasteiger partial charge in [0.1, 0.15) is 23.4 Å². The second-order valence-electron chi connectivity index (χ2n) is 4.93. The summed E-state index contributed by atoms with van der Waals surface area (Å²) in [5.41, 5.74) is 1.08. The molecule has 0 unspecified atom stereocenters. The minimum Gasteiger partial charge on any atom is -0.279 e. The number of nitrogens with one attached hydrogen (secondary N) is 1. The van der Waals surface area contributed by atoms with Gasteiger partial charge in [0.05, 0.1) is 17.3 Å². The molecule has 24 heavy (non-hydrogen) atoms. The van der Waals surface area contributed by atoms with E-state index in [-0.39, 0.29) is 9.92 Å². The Hall–Kier alpha value is -2.45. The highest BCUT2D eigenvalue weighted by Crippen LogP contribution is 2.26. The van der Waals surface area contributed by atoms with Crippen LogP contribution in [0.15, 0.2) is 60.0 Å². The summed E-state index contributed by atoms with van der Waals surface area (Å²) in [5.74, 6) is -0.606. The van der Waals surface area contributed by atoms with Gasteiger partial charge in [-0.15, -0.1) is 0 Å². The van der Waals surface area contributed by atoms with Crippen molar-refractivity contribution in [2.45, 2.75) is 11.4 Å². The summed E-state index contributed by atoms with van der Waals surface area (Å²) in [6.07, 6.45) is 2.92. The van der Waals surface area contributed by atoms with Gasteiger partial charge in [-0.1, -0.05) is 29.8 Å². The van der Waals surface area contributed by atoms with Gasteiger partial charge in [-0.3, -0.25) is 4.72 Å². The van der Waals surface area contributed by atoms with E-state index in [0.717, 1.165) is 18.2 Å². The molecule has 3 rings (SSSR count). The number of hydrogen-bond acceptors (Lipinski definition) is 4. The molecule has 0 aliphatic carbocycles. The van der Waals surface area contributed by atoms with Crippen LogP contribution in [0.1, 0.15) is 5.56 Å². The highest BCUT2D eigenvalue weighted by molar-refractivity contribution is 7.92. The van der Waals surface area contributed by atoms with E-state index in [4.69, 9.17) is 11.6 Å². The van der Waals surface area contributed by atoms with Gasteiger partial charge in [-0.25, -0.2) is 22.5 Å². The van der Waals surface area contributed by atoms with Crippen molar-refractivity contribution in [1.82, 2.24) is 14.8 Å². The number of halogens is 2. The molecule has 0 radical (unpaired) electrons. The van der Waals surface area contributed by atoms with Crippen molar-refractivity contribution in [3.05, 3.63) is 71.5 Å². The van der Waals surface area contributed by atoms with E-state index < -0.39 is 15.8 Å². The molecule has 0 aliphatic rings. The fraction of sp³-hybridized carbons (Fsp3) is 0.0667. The van der Waals surface area contributed by atoms with Crippen molar-refractivity contribution in [2.24, 2.45) is 0 Å². The standard InChI is InChI=1S/C15H12ClFN4O2S/c16-13-7-12(17)5-6-15(13)24(22,23)20-14-4-2-1-3-11(14)8-21-10-18-9-19-21/h1-7,9-10,20H,8H2. The van der Waals surface area contributed by atoms with Gasteiger partial charge in [0, 0.05) is 0 Å². The van der Waals surface area contributed by atoms with Crippen molar-refractivity contribution in [3.8, 4) is 0 Å². The molecule has 0 atom stereocenters. The number of benzene rings is 2. The lowest BCUT2D eigenvalue weighted by Crippen LogP contribution is -2.15. The van der Waals surface area contributed by atoms with Gasteiger partial charge in [0.25, 0.3) is 10.0 Å². The van der Waals surface area contributed by atoms with Gasteiger partial charge in [0.15, 0.2) is 0 Å². The molecular formula is C15H12ClFN4O2S. The third-order valence-corrected chi connectivity index (χ3v) is 5.09. The van der Waals surface area contributed by atoms with Crippen LogP contribution in [0.3, 0.4) is 0 Å². The Kier molecular flexibility index (Phi) is 4.50. The van der Waals surface area contributed by atoms with Crippen molar-refractivity contribution >= 4 is 27.3 Å². The van der Waals surface area contributed by atoms with Gasteiger partial charge >= 0.3 is 0 Å². The normalized spacial score (nSPS) is 11.4. The van der Waals surface area contributed by atoms with Crippen LogP contribution in [0.2, 0.25) is 5.02 Å². The van der Waals surface area contributed by atoms with Crippen molar-refractivity contribution in [3.63, 3.8) is 0 Å². The first-order valence-electron chi connectivity index (χ1n) is 6.84. The van der Waals surface area contributed by atoms with Crippen molar-refractivity contribution in [1.29, 1.82) is 0 Å². The summed E-state index contributed by atoms with van der Waals surface area (Å²) < 4.78 is 42.2. The SMILES string of the molecule is O=S(=O)(Nc1ccccc1Cn1cncn1)c1ccc(F)cc1Cl. The van der Waals surface area contributed by atoms with Crippen LogP contribution in [0, 0.1) is 5.82 Å². The Balaban J connectivity index is 1.93. The van der Waals surface area contributed by atoms with Crippen LogP contribution in [-0.4, -0.2) is 23.2 Å². The molecule has 0 spiro atoms. The Morgan fingerprint density at radius 2 is 2.00 bits per heavy atom. The fourth-order valence-electron chi connectivity index (χ4n) is 2.14. The predicted octanol–water partition coefficient (Wildman–Crippen LogP) is 2.92. The summed E-state index contributed by atoms with van der Waals surface area (Å²) in [4.78, 5) is 3.66. The molecule has 0 bridgehead atoms. The summed E-state index contributed by atoms with van der Waals surface area (Å²) in [6.45, 7) is 0.343. The van der Waals surface area contributed by atoms with Crippen LogP contribution in [0.5, 0.6) is 0 Å². The van der Waals surface area contributed by atoms with Crippen molar-refractivity contribution < 1.29 is 12.8 Å². The lowest BCUT2D eigenvalue weighted by atomic mass is 10.2. The van der Waals surface area contributed by atoms with Crippen molar-refractivity contribution in [2.75, 3.05) is 4.72 Å². The minimum atomic E-state index is -3.96. The van der Waals surface area contributed by atoms with E-state index in [2.05, 4.69) is 14.8 Å². The first-order chi connectivity index (χ1) is 11.5. The zero-order valence-corrected chi connectivity index (χ0v) is 13.8. The monoisotopic (exact) mass is 366 g/mol. The Morgan fingerprint density at radius 3 is 2.71 bits per heavy atom. The average molecular weight is 367 g/mol. The fourth-order valence-corrected chi connectivity index (χ4v) is 3.77. The van der Waals surface area contributed by atoms with Crippen LogP contribution in [0.4, 0.5) is 10.1 Å². The molecule has 0 fully saturated rings. The second-order valence-corrected chi connectivity index (χ2v) is 6.99. The van der Waals surface area contributed by atoms with Gasteiger partial charge in [-0.2, -0.15) is 5.10 Å². The molecule has 1 aromatic heterocycles. The van der Waals surface area contributed by atoms with Crippen LogP contribution < -0.4 is 4.72 Å². The molecule has 0 saturated carbocycles. The smallest absolute Gasteiger partial charge is 0.263 e. The number of sulfonamides is 1. The lowest BCUT2D eigenvalue weighted by Gasteiger charge is -2.13. The zero-order valence-electron chi connectivity index (χ0n) is 12.2. The second kappa shape index (κ2) is 6.58. The summed E-state index contributed by atoms with van der Waals surface area (Å²) in [5, 5.41) is 3.81. The molecule has 6 nitrogen and oxygen atoms in total. The molecule has 3 aromatic rings. The van der Waals surface area contributed by atoms with E-state index in [1.54, 1.807) is 28.9 Å². The van der Waals surface area contributed by atoms with Crippen LogP contribution in [-0.2, 0) is 16.6 Å². The summed E-state index contributed by atoms with van der Waals surface area (Å²) in [7, 11) is -3.96. The molecular weight excluding hydrogens is 355 g/mol. The molecule has 1 heterocycles. The number of anilines is 1. The zero-order chi connectivity index (χ0) is 17.2. The first-order valence-corrected chi connectivity index (χ1v) is 8.70. The number of para-hydroxylation sites is 1. The predicted molar refractivity (Wildman–Crippen MR) is 87.8 cm³/mol. The maximum absolute atomic E-state index is 13.1. The Labute approximate surface area is 143 Å². The topological polar surface area (TPSA) is 76.9 Å².